The molecule has 1 aliphatic rings. The first-order valence-electron chi connectivity index (χ1n) is 9.53. The van der Waals surface area contributed by atoms with E-state index in [0.29, 0.717) is 37.2 Å². The fraction of sp³-hybridized carbons (Fsp3) is 0.217. The van der Waals surface area contributed by atoms with Crippen molar-refractivity contribution in [2.75, 3.05) is 25.0 Å². The van der Waals surface area contributed by atoms with Gasteiger partial charge in [0.2, 0.25) is 0 Å². The molecule has 142 valence electrons. The van der Waals surface area contributed by atoms with E-state index < -0.39 is 0 Å². The Bertz CT molecular complexity index is 994. The topological polar surface area (TPSA) is 58.6 Å². The van der Waals surface area contributed by atoms with Crippen LogP contribution in [0.3, 0.4) is 0 Å². The summed E-state index contributed by atoms with van der Waals surface area (Å²) in [5.74, 6) is 0.388. The maximum atomic E-state index is 12.9. The van der Waals surface area contributed by atoms with Crippen LogP contribution in [0.2, 0.25) is 0 Å². The molecule has 3 aromatic rings. The summed E-state index contributed by atoms with van der Waals surface area (Å²) in [6.07, 6.45) is 0.661. The second kappa shape index (κ2) is 7.72. The van der Waals surface area contributed by atoms with Crippen molar-refractivity contribution in [3.05, 3.63) is 71.8 Å². The molecule has 0 fully saturated rings. The highest BCUT2D eigenvalue weighted by atomic mass is 16.5. The standard InChI is InChI=1S/C23H22N2O3/c1-2-28-18-10-5-9-17(15-18)24-13-6-14-25-22(26)19-11-3-7-16-8-4-12-20(21(16)19)23(25)27/h3-5,7-12,15,24H,2,6,13-14H2,1H3. The molecule has 0 radical (unpaired) electrons. The summed E-state index contributed by atoms with van der Waals surface area (Å²) in [6.45, 7) is 3.60. The lowest BCUT2D eigenvalue weighted by Gasteiger charge is -2.27. The third-order valence-corrected chi connectivity index (χ3v) is 4.89. The lowest BCUT2D eigenvalue weighted by molar-refractivity contribution is 0.0610. The maximum absolute atomic E-state index is 12.9. The van der Waals surface area contributed by atoms with Crippen molar-refractivity contribution in [2.45, 2.75) is 13.3 Å². The zero-order chi connectivity index (χ0) is 19.5. The van der Waals surface area contributed by atoms with Gasteiger partial charge in [-0.3, -0.25) is 14.5 Å². The Kier molecular flexibility index (Phi) is 4.98. The molecule has 2 amide bonds. The molecular formula is C23H22N2O3. The molecule has 1 N–H and O–H groups in total. The van der Waals surface area contributed by atoms with Gasteiger partial charge in [0.25, 0.3) is 11.8 Å². The predicted octanol–water partition coefficient (Wildman–Crippen LogP) is 4.34. The fourth-order valence-electron chi connectivity index (χ4n) is 3.62. The number of imide groups is 1. The molecule has 28 heavy (non-hydrogen) atoms. The van der Waals surface area contributed by atoms with E-state index in [4.69, 9.17) is 4.74 Å². The molecule has 5 nitrogen and oxygen atoms in total. The summed E-state index contributed by atoms with van der Waals surface area (Å²) in [6, 6.07) is 18.9. The second-order valence-electron chi connectivity index (χ2n) is 6.71. The highest BCUT2D eigenvalue weighted by Gasteiger charge is 2.31. The van der Waals surface area contributed by atoms with Crippen molar-refractivity contribution in [2.24, 2.45) is 0 Å². The van der Waals surface area contributed by atoms with E-state index in [0.717, 1.165) is 22.2 Å². The Morgan fingerprint density at radius 1 is 0.929 bits per heavy atom. The van der Waals surface area contributed by atoms with E-state index in [1.165, 1.54) is 4.90 Å². The summed E-state index contributed by atoms with van der Waals surface area (Å²) in [4.78, 5) is 27.1. The van der Waals surface area contributed by atoms with E-state index in [1.54, 1.807) is 12.1 Å². The molecule has 0 saturated carbocycles. The average Bonchev–Trinajstić information content (AvgIpc) is 2.72. The zero-order valence-electron chi connectivity index (χ0n) is 15.8. The van der Waals surface area contributed by atoms with Crippen molar-refractivity contribution in [1.82, 2.24) is 4.90 Å². The predicted molar refractivity (Wildman–Crippen MR) is 110 cm³/mol. The lowest BCUT2D eigenvalue weighted by atomic mass is 9.94. The molecule has 0 atom stereocenters. The second-order valence-corrected chi connectivity index (χ2v) is 6.71. The normalized spacial score (nSPS) is 13.1. The van der Waals surface area contributed by atoms with Gasteiger partial charge in [-0.25, -0.2) is 0 Å². The van der Waals surface area contributed by atoms with Crippen molar-refractivity contribution < 1.29 is 14.3 Å². The number of amides is 2. The van der Waals surface area contributed by atoms with Gasteiger partial charge in [-0.1, -0.05) is 30.3 Å². The highest BCUT2D eigenvalue weighted by molar-refractivity contribution is 6.25. The minimum absolute atomic E-state index is 0.215. The van der Waals surface area contributed by atoms with Gasteiger partial charge in [0.1, 0.15) is 5.75 Å². The van der Waals surface area contributed by atoms with Crippen molar-refractivity contribution in [3.63, 3.8) is 0 Å². The fourth-order valence-corrected chi connectivity index (χ4v) is 3.62. The first kappa shape index (κ1) is 18.0. The van der Waals surface area contributed by atoms with E-state index in [9.17, 15) is 9.59 Å². The minimum Gasteiger partial charge on any atom is -0.494 e. The van der Waals surface area contributed by atoms with Crippen LogP contribution >= 0.6 is 0 Å². The molecule has 0 unspecified atom stereocenters. The highest BCUT2D eigenvalue weighted by Crippen LogP contribution is 2.30. The molecule has 1 aliphatic heterocycles. The molecule has 0 bridgehead atoms. The minimum atomic E-state index is -0.215. The Labute approximate surface area is 163 Å². The van der Waals surface area contributed by atoms with Gasteiger partial charge < -0.3 is 10.1 Å². The number of benzene rings is 3. The SMILES string of the molecule is CCOc1cccc(NCCCN2C(=O)c3cccc4cccc(c34)C2=O)c1. The average molecular weight is 374 g/mol. The molecule has 0 aromatic heterocycles. The maximum Gasteiger partial charge on any atom is 0.261 e. The van der Waals surface area contributed by atoms with Crippen LogP contribution in [0, 0.1) is 0 Å². The summed E-state index contributed by atoms with van der Waals surface area (Å²) in [7, 11) is 0. The number of hydrogen-bond acceptors (Lipinski definition) is 4. The molecular weight excluding hydrogens is 352 g/mol. The number of anilines is 1. The summed E-state index contributed by atoms with van der Waals surface area (Å²) < 4.78 is 5.50. The van der Waals surface area contributed by atoms with Crippen LogP contribution < -0.4 is 10.1 Å². The Morgan fingerprint density at radius 3 is 2.29 bits per heavy atom. The van der Waals surface area contributed by atoms with Gasteiger partial charge in [-0.15, -0.1) is 0 Å². The third kappa shape index (κ3) is 3.31. The molecule has 1 heterocycles. The Hall–Kier alpha value is -3.34. The van der Waals surface area contributed by atoms with E-state index >= 15 is 0 Å². The Balaban J connectivity index is 1.43. The zero-order valence-corrected chi connectivity index (χ0v) is 15.8. The van der Waals surface area contributed by atoms with Crippen LogP contribution in [0.1, 0.15) is 34.1 Å². The third-order valence-electron chi connectivity index (χ3n) is 4.89. The number of nitrogens with zero attached hydrogens (tertiary/aromatic N) is 1. The van der Waals surface area contributed by atoms with E-state index in [1.807, 2.05) is 55.5 Å². The molecule has 0 saturated heterocycles. The summed E-state index contributed by atoms with van der Waals surface area (Å²) >= 11 is 0. The quantitative estimate of drug-likeness (QED) is 0.494. The number of carbonyl (C=O) groups is 2. The van der Waals surface area contributed by atoms with Gasteiger partial charge >= 0.3 is 0 Å². The number of ether oxygens (including phenoxy) is 1. The van der Waals surface area contributed by atoms with Crippen LogP contribution in [-0.4, -0.2) is 36.4 Å². The van der Waals surface area contributed by atoms with Gasteiger partial charge in [-0.05, 0) is 43.0 Å². The molecule has 5 heteroatoms. The number of hydrogen-bond donors (Lipinski definition) is 1. The van der Waals surface area contributed by atoms with E-state index in [-0.39, 0.29) is 11.8 Å². The lowest BCUT2D eigenvalue weighted by Crippen LogP contribution is -2.41. The Morgan fingerprint density at radius 2 is 1.61 bits per heavy atom. The van der Waals surface area contributed by atoms with Gasteiger partial charge in [0, 0.05) is 41.4 Å². The van der Waals surface area contributed by atoms with Crippen LogP contribution in [0.15, 0.2) is 60.7 Å². The van der Waals surface area contributed by atoms with Gasteiger partial charge in [0.15, 0.2) is 0 Å². The smallest absolute Gasteiger partial charge is 0.261 e. The first-order valence-corrected chi connectivity index (χ1v) is 9.53. The molecule has 3 aromatic carbocycles. The molecule has 0 aliphatic carbocycles. The summed E-state index contributed by atoms with van der Waals surface area (Å²) in [5.41, 5.74) is 2.16. The molecule has 4 rings (SSSR count). The van der Waals surface area contributed by atoms with Crippen molar-refractivity contribution in [3.8, 4) is 5.75 Å². The van der Waals surface area contributed by atoms with Crippen molar-refractivity contribution in [1.29, 1.82) is 0 Å². The summed E-state index contributed by atoms with van der Waals surface area (Å²) in [5, 5.41) is 5.01. The van der Waals surface area contributed by atoms with E-state index in [2.05, 4.69) is 5.32 Å². The largest absolute Gasteiger partial charge is 0.494 e. The number of nitrogens with one attached hydrogen (secondary N) is 1. The van der Waals surface area contributed by atoms with Crippen LogP contribution in [0.5, 0.6) is 5.75 Å². The van der Waals surface area contributed by atoms with Crippen LogP contribution in [0.4, 0.5) is 5.69 Å². The van der Waals surface area contributed by atoms with Crippen LogP contribution in [0.25, 0.3) is 10.8 Å². The first-order chi connectivity index (χ1) is 13.7. The number of rotatable bonds is 7. The molecule has 0 spiro atoms. The monoisotopic (exact) mass is 374 g/mol. The van der Waals surface area contributed by atoms with Crippen LogP contribution in [-0.2, 0) is 0 Å². The van der Waals surface area contributed by atoms with Gasteiger partial charge in [0.05, 0.1) is 6.61 Å². The number of carbonyl (C=O) groups excluding carboxylic acids is 2. The van der Waals surface area contributed by atoms with Crippen molar-refractivity contribution >= 4 is 28.3 Å². The van der Waals surface area contributed by atoms with Gasteiger partial charge in [-0.2, -0.15) is 0 Å².